The van der Waals surface area contributed by atoms with Gasteiger partial charge in [0.2, 0.25) is 0 Å². The number of anilines is 1. The minimum absolute atomic E-state index is 0.0153. The van der Waals surface area contributed by atoms with E-state index in [2.05, 4.69) is 28.1 Å². The molecule has 4 N–H and O–H groups in total. The van der Waals surface area contributed by atoms with Crippen LogP contribution < -0.4 is 21.4 Å². The summed E-state index contributed by atoms with van der Waals surface area (Å²) < 4.78 is 42.5. The monoisotopic (exact) mass is 407 g/mol. The summed E-state index contributed by atoms with van der Waals surface area (Å²) in [4.78, 5) is 1.77. The molecular weight excluding hydrogens is 387 g/mol. The largest absolute Gasteiger partial charge is 0.375 e. The molecule has 0 spiro atoms. The molecule has 0 aromatic heterocycles. The number of halogens is 3. The Bertz CT molecular complexity index is 890. The van der Waals surface area contributed by atoms with Gasteiger partial charge in [-0.25, -0.2) is 13.2 Å². The minimum atomic E-state index is -0.604. The number of hydrogen-bond acceptors (Lipinski definition) is 4. The molecule has 2 aromatic rings. The van der Waals surface area contributed by atoms with Crippen molar-refractivity contribution in [3.05, 3.63) is 65.0 Å². The van der Waals surface area contributed by atoms with E-state index >= 15 is 0 Å². The highest BCUT2D eigenvalue weighted by atomic mass is 32.1. The predicted molar refractivity (Wildman–Crippen MR) is 108 cm³/mol. The molecule has 2 aromatic carbocycles. The molecule has 5 nitrogen and oxygen atoms in total. The molecule has 28 heavy (non-hydrogen) atoms. The van der Waals surface area contributed by atoms with Crippen LogP contribution in [0.5, 0.6) is 0 Å². The molecule has 9 heteroatoms. The van der Waals surface area contributed by atoms with E-state index in [4.69, 9.17) is 5.73 Å². The first-order chi connectivity index (χ1) is 13.4. The second-order valence-electron chi connectivity index (χ2n) is 6.46. The summed E-state index contributed by atoms with van der Waals surface area (Å²) in [5.74, 6) is -1.42. The minimum Gasteiger partial charge on any atom is -0.375 e. The molecule has 1 fully saturated rings. The Hall–Kier alpha value is -2.65. The molecule has 1 atom stereocenters. The third-order valence-corrected chi connectivity index (χ3v) is 4.60. The van der Waals surface area contributed by atoms with E-state index in [1.807, 2.05) is 0 Å². The Morgan fingerprint density at radius 3 is 2.75 bits per heavy atom. The molecule has 1 saturated heterocycles. The normalized spacial score (nSPS) is 16.7. The molecule has 0 bridgehead atoms. The lowest BCUT2D eigenvalue weighted by molar-refractivity contribution is 0.529. The Morgan fingerprint density at radius 2 is 2.00 bits per heavy atom. The molecule has 0 aliphatic carbocycles. The van der Waals surface area contributed by atoms with Crippen molar-refractivity contribution in [3.8, 4) is 0 Å². The molecule has 148 valence electrons. The van der Waals surface area contributed by atoms with Crippen LogP contribution in [-0.4, -0.2) is 30.5 Å². The summed E-state index contributed by atoms with van der Waals surface area (Å²) in [7, 11) is 0. The van der Waals surface area contributed by atoms with E-state index in [1.54, 1.807) is 23.1 Å². The highest BCUT2D eigenvalue weighted by molar-refractivity contribution is 7.80. The van der Waals surface area contributed by atoms with Crippen LogP contribution in [0, 0.1) is 17.5 Å². The van der Waals surface area contributed by atoms with Gasteiger partial charge >= 0.3 is 0 Å². The van der Waals surface area contributed by atoms with E-state index < -0.39 is 11.6 Å². The summed E-state index contributed by atoms with van der Waals surface area (Å²) in [6, 6.07) is 8.83. The summed E-state index contributed by atoms with van der Waals surface area (Å²) in [5.41, 5.74) is 8.26. The lowest BCUT2D eigenvalue weighted by Crippen LogP contribution is -2.32. The Balaban J connectivity index is 1.63. The van der Waals surface area contributed by atoms with Crippen molar-refractivity contribution in [1.82, 2.24) is 10.7 Å². The first-order valence-electron chi connectivity index (χ1n) is 8.73. The first kappa shape index (κ1) is 20.1. The van der Waals surface area contributed by atoms with E-state index in [0.29, 0.717) is 25.2 Å². The average molecular weight is 407 g/mol. The van der Waals surface area contributed by atoms with Crippen molar-refractivity contribution in [2.75, 3.05) is 18.0 Å². The summed E-state index contributed by atoms with van der Waals surface area (Å²) in [6.45, 7) is 1.45. The number of nitrogens with zero attached hydrogens (tertiary/aromatic N) is 2. The van der Waals surface area contributed by atoms with Crippen molar-refractivity contribution >= 4 is 29.2 Å². The second-order valence-corrected chi connectivity index (χ2v) is 6.90. The Kier molecular flexibility index (Phi) is 6.48. The van der Waals surface area contributed by atoms with Gasteiger partial charge in [0, 0.05) is 42.9 Å². The van der Waals surface area contributed by atoms with Gasteiger partial charge in [-0.15, -0.1) is 0 Å². The van der Waals surface area contributed by atoms with Gasteiger partial charge in [0.05, 0.1) is 11.9 Å². The topological polar surface area (TPSA) is 65.7 Å². The molecule has 1 heterocycles. The molecule has 1 aliphatic heterocycles. The molecule has 0 unspecified atom stereocenters. The van der Waals surface area contributed by atoms with Crippen LogP contribution in [0.25, 0.3) is 0 Å². The van der Waals surface area contributed by atoms with Crippen LogP contribution in [0.1, 0.15) is 17.5 Å². The van der Waals surface area contributed by atoms with Gasteiger partial charge in [0.25, 0.3) is 0 Å². The van der Waals surface area contributed by atoms with Gasteiger partial charge in [-0.3, -0.25) is 5.43 Å². The van der Waals surface area contributed by atoms with Crippen LogP contribution in [0.15, 0.2) is 41.5 Å². The quantitative estimate of drug-likeness (QED) is 0.390. The maximum Gasteiger partial charge on any atom is 0.184 e. The number of benzene rings is 2. The van der Waals surface area contributed by atoms with Crippen LogP contribution >= 0.6 is 12.2 Å². The van der Waals surface area contributed by atoms with Crippen molar-refractivity contribution in [1.29, 1.82) is 0 Å². The van der Waals surface area contributed by atoms with Crippen LogP contribution in [0.2, 0.25) is 0 Å². The number of nitrogens with two attached hydrogens (primary N) is 1. The van der Waals surface area contributed by atoms with Crippen molar-refractivity contribution in [2.24, 2.45) is 10.8 Å². The van der Waals surface area contributed by atoms with E-state index in [-0.39, 0.29) is 28.2 Å². The van der Waals surface area contributed by atoms with E-state index in [9.17, 15) is 13.2 Å². The zero-order valence-corrected chi connectivity index (χ0v) is 15.8. The van der Waals surface area contributed by atoms with Gasteiger partial charge in [-0.1, -0.05) is 18.2 Å². The van der Waals surface area contributed by atoms with Gasteiger partial charge in [0.1, 0.15) is 17.5 Å². The molecule has 0 saturated carbocycles. The van der Waals surface area contributed by atoms with Gasteiger partial charge in [-0.2, -0.15) is 5.10 Å². The fraction of sp³-hybridized carbons (Fsp3) is 0.263. The Morgan fingerprint density at radius 1 is 1.21 bits per heavy atom. The third kappa shape index (κ3) is 4.99. The second kappa shape index (κ2) is 9.03. The molecule has 0 amide bonds. The fourth-order valence-electron chi connectivity index (χ4n) is 3.10. The lowest BCUT2D eigenvalue weighted by Gasteiger charge is -2.20. The highest BCUT2D eigenvalue weighted by Crippen LogP contribution is 2.26. The molecule has 3 rings (SSSR count). The third-order valence-electron chi connectivity index (χ3n) is 4.51. The summed E-state index contributed by atoms with van der Waals surface area (Å²) in [6.07, 6.45) is 1.86. The molecule has 1 aliphatic rings. The maximum absolute atomic E-state index is 14.5. The SMILES string of the molecule is NC(=S)N/N=C/c1cc(F)c(N2CC[C@@H](NCc3ccccc3F)C2)cc1F. The first-order valence-corrected chi connectivity index (χ1v) is 9.14. The van der Waals surface area contributed by atoms with Gasteiger partial charge in [0.15, 0.2) is 5.11 Å². The van der Waals surface area contributed by atoms with Crippen molar-refractivity contribution in [3.63, 3.8) is 0 Å². The van der Waals surface area contributed by atoms with E-state index in [1.165, 1.54) is 6.07 Å². The van der Waals surface area contributed by atoms with Crippen LogP contribution in [-0.2, 0) is 6.54 Å². The number of hydrogen-bond donors (Lipinski definition) is 3. The average Bonchev–Trinajstić information content (AvgIpc) is 3.12. The lowest BCUT2D eigenvalue weighted by atomic mass is 10.2. The number of nitrogens with one attached hydrogen (secondary N) is 2. The van der Waals surface area contributed by atoms with Crippen molar-refractivity contribution < 1.29 is 13.2 Å². The maximum atomic E-state index is 14.5. The summed E-state index contributed by atoms with van der Waals surface area (Å²) in [5, 5.41) is 6.84. The van der Waals surface area contributed by atoms with Crippen molar-refractivity contribution in [2.45, 2.75) is 19.0 Å². The fourth-order valence-corrected chi connectivity index (χ4v) is 3.15. The molecular formula is C19H20F3N5S. The number of thiocarbonyl (C=S) groups is 1. The number of rotatable bonds is 6. The molecule has 0 radical (unpaired) electrons. The zero-order valence-electron chi connectivity index (χ0n) is 15.0. The summed E-state index contributed by atoms with van der Waals surface area (Å²) >= 11 is 4.59. The zero-order chi connectivity index (χ0) is 20.1. The van der Waals surface area contributed by atoms with Gasteiger partial charge < -0.3 is 16.0 Å². The smallest absolute Gasteiger partial charge is 0.184 e. The standard InChI is InChI=1S/C19H20F3N5S/c20-15-4-2-1-3-12(15)9-24-14-5-6-27(11-14)18-8-16(21)13(7-17(18)22)10-25-26-19(23)28/h1-4,7-8,10,14,24H,5-6,9,11H2,(H3,23,26,28)/b25-10+/t14-/m1/s1. The van der Waals surface area contributed by atoms with Crippen LogP contribution in [0.3, 0.4) is 0 Å². The van der Waals surface area contributed by atoms with Crippen LogP contribution in [0.4, 0.5) is 18.9 Å². The van der Waals surface area contributed by atoms with Gasteiger partial charge in [-0.05, 0) is 30.8 Å². The Labute approximate surface area is 166 Å². The number of hydrazone groups is 1. The van der Waals surface area contributed by atoms with E-state index in [0.717, 1.165) is 24.8 Å². The predicted octanol–water partition coefficient (Wildman–Crippen LogP) is 2.64. The highest BCUT2D eigenvalue weighted by Gasteiger charge is 2.25.